The maximum atomic E-state index is 10.1. The van der Waals surface area contributed by atoms with Crippen molar-refractivity contribution in [3.63, 3.8) is 0 Å². The minimum absolute atomic E-state index is 0.365. The summed E-state index contributed by atoms with van der Waals surface area (Å²) in [5.74, 6) is 0.365. The van der Waals surface area contributed by atoms with Gasteiger partial charge in [0.15, 0.2) is 0 Å². The minimum atomic E-state index is -0.566. The highest BCUT2D eigenvalue weighted by atomic mass is 35.5. The van der Waals surface area contributed by atoms with E-state index >= 15 is 0 Å². The Balaban J connectivity index is 1.69. The largest absolute Gasteiger partial charge is 0.302 e. The maximum Gasteiger partial charge on any atom is 0.0879 e. The molecule has 4 heteroatoms. The quantitative estimate of drug-likeness (QED) is 0.549. The number of hydrogen-bond donors (Lipinski definition) is 0. The fraction of sp³-hybridized carbons (Fsp3) is 0.409. The smallest absolute Gasteiger partial charge is 0.0879 e. The lowest BCUT2D eigenvalue weighted by Crippen LogP contribution is -2.30. The minimum Gasteiger partial charge on any atom is -0.302 e. The Bertz CT molecular complexity index is 760. The molecule has 1 aliphatic rings. The molecule has 1 atom stereocenters. The van der Waals surface area contributed by atoms with Crippen molar-refractivity contribution < 1.29 is 0 Å². The monoisotopic (exact) mass is 386 g/mol. The second-order valence-electron chi connectivity index (χ2n) is 7.28. The Morgan fingerprint density at radius 3 is 2.31 bits per heavy atom. The molecule has 0 aliphatic heterocycles. The number of nitriles is 1. The second-order valence-corrected chi connectivity index (χ2v) is 8.10. The third-order valence-electron chi connectivity index (χ3n) is 5.29. The van der Waals surface area contributed by atoms with Gasteiger partial charge in [-0.25, -0.2) is 0 Å². The van der Waals surface area contributed by atoms with Crippen molar-refractivity contribution >= 4 is 23.2 Å². The van der Waals surface area contributed by atoms with Gasteiger partial charge in [0.25, 0.3) is 0 Å². The van der Waals surface area contributed by atoms with Crippen LogP contribution in [-0.2, 0) is 12.0 Å². The first-order chi connectivity index (χ1) is 12.6. The molecule has 3 rings (SSSR count). The highest BCUT2D eigenvalue weighted by molar-refractivity contribution is 6.36. The predicted molar refractivity (Wildman–Crippen MR) is 108 cm³/mol. The molecule has 0 saturated heterocycles. The Kier molecular flexibility index (Phi) is 6.24. The van der Waals surface area contributed by atoms with Crippen LogP contribution in [0.15, 0.2) is 48.5 Å². The van der Waals surface area contributed by atoms with Gasteiger partial charge in [-0.05, 0) is 62.9 Å². The summed E-state index contributed by atoms with van der Waals surface area (Å²) >= 11 is 12.9. The number of halogens is 2. The van der Waals surface area contributed by atoms with Gasteiger partial charge in [-0.1, -0.05) is 59.6 Å². The summed E-state index contributed by atoms with van der Waals surface area (Å²) < 4.78 is 0. The number of benzene rings is 2. The van der Waals surface area contributed by atoms with Gasteiger partial charge in [0, 0.05) is 22.2 Å². The van der Waals surface area contributed by atoms with E-state index in [-0.39, 0.29) is 0 Å². The summed E-state index contributed by atoms with van der Waals surface area (Å²) in [4.78, 5) is 2.30. The van der Waals surface area contributed by atoms with Crippen molar-refractivity contribution in [1.29, 1.82) is 5.26 Å². The van der Waals surface area contributed by atoms with E-state index in [1.165, 1.54) is 5.56 Å². The average Bonchev–Trinajstić information content (AvgIpc) is 3.46. The molecule has 1 saturated carbocycles. The van der Waals surface area contributed by atoms with Gasteiger partial charge in [-0.15, -0.1) is 0 Å². The Morgan fingerprint density at radius 2 is 1.73 bits per heavy atom. The van der Waals surface area contributed by atoms with Crippen LogP contribution >= 0.6 is 23.2 Å². The van der Waals surface area contributed by atoms with Crippen LogP contribution in [0.2, 0.25) is 10.0 Å². The van der Waals surface area contributed by atoms with Gasteiger partial charge in [0.1, 0.15) is 0 Å². The highest BCUT2D eigenvalue weighted by Crippen LogP contribution is 2.53. The van der Waals surface area contributed by atoms with E-state index in [2.05, 4.69) is 42.3 Å². The molecular formula is C22H24Cl2N2. The lowest BCUT2D eigenvalue weighted by atomic mass is 9.73. The van der Waals surface area contributed by atoms with Crippen molar-refractivity contribution in [2.24, 2.45) is 5.92 Å². The molecule has 2 nitrogen and oxygen atoms in total. The Hall–Kier alpha value is -1.53. The molecule has 1 aliphatic carbocycles. The molecule has 0 radical (unpaired) electrons. The average molecular weight is 387 g/mol. The molecule has 2 aromatic rings. The van der Waals surface area contributed by atoms with Gasteiger partial charge in [-0.3, -0.25) is 0 Å². The van der Waals surface area contributed by atoms with Crippen molar-refractivity contribution in [3.05, 3.63) is 69.7 Å². The van der Waals surface area contributed by atoms with Gasteiger partial charge < -0.3 is 4.90 Å². The summed E-state index contributed by atoms with van der Waals surface area (Å²) in [7, 11) is 2.13. The van der Waals surface area contributed by atoms with E-state index < -0.39 is 5.41 Å². The second kappa shape index (κ2) is 8.44. The standard InChI is InChI=1S/C22H24Cl2N2/c1-26(15-17-7-3-2-4-8-17)14-6-13-22(16-25,18-11-12-18)21-19(23)9-5-10-20(21)24/h2-5,7-10,18H,6,11-15H2,1H3. The zero-order valence-corrected chi connectivity index (χ0v) is 16.6. The summed E-state index contributed by atoms with van der Waals surface area (Å²) in [6, 6.07) is 18.6. The van der Waals surface area contributed by atoms with Gasteiger partial charge >= 0.3 is 0 Å². The van der Waals surface area contributed by atoms with Crippen molar-refractivity contribution in [2.45, 2.75) is 37.6 Å². The van der Waals surface area contributed by atoms with E-state index in [0.29, 0.717) is 16.0 Å². The van der Waals surface area contributed by atoms with Crippen LogP contribution < -0.4 is 0 Å². The molecule has 0 aromatic heterocycles. The van der Waals surface area contributed by atoms with Crippen LogP contribution in [0.5, 0.6) is 0 Å². The molecule has 2 aromatic carbocycles. The first kappa shape index (κ1) is 19.2. The van der Waals surface area contributed by atoms with Crippen LogP contribution in [0.25, 0.3) is 0 Å². The Labute approximate surface area is 166 Å². The molecule has 0 amide bonds. The van der Waals surface area contributed by atoms with Crippen LogP contribution in [0, 0.1) is 17.2 Å². The molecule has 0 heterocycles. The van der Waals surface area contributed by atoms with E-state index in [1.54, 1.807) is 0 Å². The van der Waals surface area contributed by atoms with E-state index in [9.17, 15) is 5.26 Å². The number of rotatable bonds is 8. The highest BCUT2D eigenvalue weighted by Gasteiger charge is 2.48. The summed E-state index contributed by atoms with van der Waals surface area (Å²) in [6.45, 7) is 1.85. The SMILES string of the molecule is CN(CCCC(C#N)(c1c(Cl)cccc1Cl)C1CC1)Cc1ccccc1. The molecule has 0 spiro atoms. The molecule has 26 heavy (non-hydrogen) atoms. The van der Waals surface area contributed by atoms with E-state index in [4.69, 9.17) is 23.2 Å². The zero-order chi connectivity index (χ0) is 18.6. The fourth-order valence-corrected chi connectivity index (χ4v) is 4.57. The summed E-state index contributed by atoms with van der Waals surface area (Å²) in [5.41, 5.74) is 1.57. The van der Waals surface area contributed by atoms with Crippen molar-refractivity contribution in [3.8, 4) is 6.07 Å². The van der Waals surface area contributed by atoms with Gasteiger partial charge in [-0.2, -0.15) is 5.26 Å². The van der Waals surface area contributed by atoms with Crippen LogP contribution in [0.3, 0.4) is 0 Å². The molecule has 136 valence electrons. The molecule has 1 unspecified atom stereocenters. The molecule has 0 N–H and O–H groups in total. The predicted octanol–water partition coefficient (Wildman–Crippen LogP) is 6.08. The first-order valence-corrected chi connectivity index (χ1v) is 9.90. The molecule has 0 bridgehead atoms. The first-order valence-electron chi connectivity index (χ1n) is 9.15. The van der Waals surface area contributed by atoms with Gasteiger partial charge in [0.05, 0.1) is 11.5 Å². The van der Waals surface area contributed by atoms with Crippen LogP contribution in [0.1, 0.15) is 36.8 Å². The topological polar surface area (TPSA) is 27.0 Å². The van der Waals surface area contributed by atoms with E-state index in [0.717, 1.165) is 44.3 Å². The molecule has 1 fully saturated rings. The van der Waals surface area contributed by atoms with Crippen molar-refractivity contribution in [2.75, 3.05) is 13.6 Å². The lowest BCUT2D eigenvalue weighted by molar-refractivity contribution is 0.299. The summed E-state index contributed by atoms with van der Waals surface area (Å²) in [6.07, 6.45) is 3.88. The number of hydrogen-bond acceptors (Lipinski definition) is 2. The molecular weight excluding hydrogens is 363 g/mol. The zero-order valence-electron chi connectivity index (χ0n) is 15.1. The fourth-order valence-electron chi connectivity index (χ4n) is 3.84. The van der Waals surface area contributed by atoms with Crippen LogP contribution in [-0.4, -0.2) is 18.5 Å². The summed E-state index contributed by atoms with van der Waals surface area (Å²) in [5, 5.41) is 11.3. The maximum absolute atomic E-state index is 10.1. The third kappa shape index (κ3) is 4.23. The lowest BCUT2D eigenvalue weighted by Gasteiger charge is -2.30. The van der Waals surface area contributed by atoms with Crippen molar-refractivity contribution in [1.82, 2.24) is 4.90 Å². The number of nitrogens with zero attached hydrogens (tertiary/aromatic N) is 2. The normalized spacial score (nSPS) is 16.3. The Morgan fingerprint density at radius 1 is 1.08 bits per heavy atom. The van der Waals surface area contributed by atoms with Gasteiger partial charge in [0.2, 0.25) is 0 Å². The third-order valence-corrected chi connectivity index (χ3v) is 5.92. The van der Waals surface area contributed by atoms with Crippen LogP contribution in [0.4, 0.5) is 0 Å². The van der Waals surface area contributed by atoms with E-state index in [1.807, 2.05) is 24.3 Å².